The molecule has 0 unspecified atom stereocenters. The summed E-state index contributed by atoms with van der Waals surface area (Å²) in [5, 5.41) is 0. The maximum Gasteiger partial charge on any atom is 0.223 e. The average Bonchev–Trinajstić information content (AvgIpc) is 3.03. The van der Waals surface area contributed by atoms with E-state index in [1.165, 1.54) is 25.7 Å². The van der Waals surface area contributed by atoms with Gasteiger partial charge in [-0.3, -0.25) is 9.59 Å². The summed E-state index contributed by atoms with van der Waals surface area (Å²) >= 11 is 0. The van der Waals surface area contributed by atoms with Crippen molar-refractivity contribution in [3.63, 3.8) is 0 Å². The summed E-state index contributed by atoms with van der Waals surface area (Å²) < 4.78 is 0. The zero-order chi connectivity index (χ0) is 17.9. The van der Waals surface area contributed by atoms with Crippen LogP contribution in [-0.2, 0) is 9.59 Å². The van der Waals surface area contributed by atoms with Gasteiger partial charge in [-0.15, -0.1) is 0 Å². The van der Waals surface area contributed by atoms with Crippen LogP contribution in [0, 0.1) is 5.41 Å². The van der Waals surface area contributed by atoms with Gasteiger partial charge in [0, 0.05) is 38.0 Å². The van der Waals surface area contributed by atoms with Gasteiger partial charge in [-0.1, -0.05) is 12.8 Å². The van der Waals surface area contributed by atoms with Crippen molar-refractivity contribution in [3.05, 3.63) is 0 Å². The number of nitrogens with zero attached hydrogens (tertiary/aromatic N) is 2. The molecule has 0 aromatic carbocycles. The van der Waals surface area contributed by atoms with Crippen molar-refractivity contribution < 1.29 is 9.59 Å². The Morgan fingerprint density at radius 2 is 1.20 bits per heavy atom. The van der Waals surface area contributed by atoms with Crippen LogP contribution in [-0.4, -0.2) is 46.8 Å². The predicted octanol–water partition coefficient (Wildman–Crippen LogP) is 4.13. The lowest BCUT2D eigenvalue weighted by molar-refractivity contribution is -0.140. The van der Waals surface area contributed by atoms with Crippen LogP contribution in [0.25, 0.3) is 0 Å². The predicted molar refractivity (Wildman–Crippen MR) is 100 cm³/mol. The number of carbonyl (C=O) groups excluding carboxylic acids is 2. The van der Waals surface area contributed by atoms with E-state index in [1.54, 1.807) is 0 Å². The number of amides is 2. The SMILES string of the molecule is C[C@H]1CCCCN1C(=O)CC1(CC(=O)N2CCCC[C@@H]2C)CCCC1. The molecule has 0 aromatic rings. The van der Waals surface area contributed by atoms with Crippen molar-refractivity contribution in [2.75, 3.05) is 13.1 Å². The van der Waals surface area contributed by atoms with E-state index in [2.05, 4.69) is 23.6 Å². The molecule has 4 heteroatoms. The second-order valence-corrected chi connectivity index (χ2v) is 8.92. The normalized spacial score (nSPS) is 29.7. The molecule has 2 heterocycles. The Kier molecular flexibility index (Phi) is 6.06. The van der Waals surface area contributed by atoms with Gasteiger partial charge in [0.2, 0.25) is 11.8 Å². The Labute approximate surface area is 153 Å². The van der Waals surface area contributed by atoms with Gasteiger partial charge in [-0.2, -0.15) is 0 Å². The molecule has 142 valence electrons. The van der Waals surface area contributed by atoms with Gasteiger partial charge in [-0.25, -0.2) is 0 Å². The zero-order valence-corrected chi connectivity index (χ0v) is 16.3. The van der Waals surface area contributed by atoms with E-state index in [4.69, 9.17) is 0 Å². The zero-order valence-electron chi connectivity index (χ0n) is 16.3. The molecule has 2 saturated heterocycles. The molecule has 3 fully saturated rings. The standard InChI is InChI=1S/C21H36N2O2/c1-17-9-3-7-13-22(17)19(24)15-21(11-5-6-12-21)16-20(25)23-14-8-4-10-18(23)2/h17-18H,3-16H2,1-2H3/t17-,18-/m0/s1. The fraction of sp³-hybridized carbons (Fsp3) is 0.905. The monoisotopic (exact) mass is 348 g/mol. The molecule has 0 aromatic heterocycles. The first-order valence-electron chi connectivity index (χ1n) is 10.6. The minimum Gasteiger partial charge on any atom is -0.340 e. The molecule has 2 aliphatic heterocycles. The molecule has 1 aliphatic carbocycles. The molecular formula is C21H36N2O2. The molecule has 0 radical (unpaired) electrons. The summed E-state index contributed by atoms with van der Waals surface area (Å²) in [5.74, 6) is 0.599. The first kappa shape index (κ1) is 18.7. The Morgan fingerprint density at radius 1 is 0.760 bits per heavy atom. The van der Waals surface area contributed by atoms with Crippen molar-refractivity contribution in [1.82, 2.24) is 9.80 Å². The van der Waals surface area contributed by atoms with Crippen LogP contribution in [0.4, 0.5) is 0 Å². The maximum atomic E-state index is 13.0. The van der Waals surface area contributed by atoms with Crippen LogP contribution in [0.2, 0.25) is 0 Å². The Bertz CT molecular complexity index is 446. The lowest BCUT2D eigenvalue weighted by atomic mass is 9.78. The lowest BCUT2D eigenvalue weighted by Gasteiger charge is -2.39. The third kappa shape index (κ3) is 4.38. The summed E-state index contributed by atoms with van der Waals surface area (Å²) in [6.45, 7) is 6.18. The topological polar surface area (TPSA) is 40.6 Å². The molecule has 4 nitrogen and oxygen atoms in total. The van der Waals surface area contributed by atoms with Gasteiger partial charge >= 0.3 is 0 Å². The molecule has 2 atom stereocenters. The second-order valence-electron chi connectivity index (χ2n) is 8.92. The lowest BCUT2D eigenvalue weighted by Crippen LogP contribution is -2.46. The molecule has 3 rings (SSSR count). The molecule has 3 aliphatic rings. The van der Waals surface area contributed by atoms with Crippen LogP contribution in [0.5, 0.6) is 0 Å². The quantitative estimate of drug-likeness (QED) is 0.766. The smallest absolute Gasteiger partial charge is 0.223 e. The average molecular weight is 349 g/mol. The molecule has 0 N–H and O–H groups in total. The van der Waals surface area contributed by atoms with E-state index in [1.807, 2.05) is 0 Å². The fourth-order valence-electron chi connectivity index (χ4n) is 5.32. The Balaban J connectivity index is 1.64. The Hall–Kier alpha value is -1.06. The molecule has 0 spiro atoms. The van der Waals surface area contributed by atoms with Crippen LogP contribution >= 0.6 is 0 Å². The number of likely N-dealkylation sites (tertiary alicyclic amines) is 2. The number of hydrogen-bond donors (Lipinski definition) is 0. The molecule has 2 amide bonds. The van der Waals surface area contributed by atoms with E-state index in [0.29, 0.717) is 36.7 Å². The van der Waals surface area contributed by atoms with Crippen molar-refractivity contribution >= 4 is 11.8 Å². The largest absolute Gasteiger partial charge is 0.340 e. The summed E-state index contributed by atoms with van der Waals surface area (Å²) in [5.41, 5.74) is -0.0670. The number of hydrogen-bond acceptors (Lipinski definition) is 2. The van der Waals surface area contributed by atoms with Crippen molar-refractivity contribution in [2.24, 2.45) is 5.41 Å². The summed E-state index contributed by atoms with van der Waals surface area (Å²) in [7, 11) is 0. The van der Waals surface area contributed by atoms with Gasteiger partial charge in [0.1, 0.15) is 0 Å². The second kappa shape index (κ2) is 8.09. The minimum absolute atomic E-state index is 0.0670. The van der Waals surface area contributed by atoms with Gasteiger partial charge in [0.05, 0.1) is 0 Å². The maximum absolute atomic E-state index is 13.0. The Morgan fingerprint density at radius 3 is 1.60 bits per heavy atom. The van der Waals surface area contributed by atoms with E-state index in [0.717, 1.165) is 51.6 Å². The van der Waals surface area contributed by atoms with Crippen molar-refractivity contribution in [3.8, 4) is 0 Å². The number of rotatable bonds is 4. The molecule has 25 heavy (non-hydrogen) atoms. The molecule has 1 saturated carbocycles. The van der Waals surface area contributed by atoms with E-state index >= 15 is 0 Å². The van der Waals surface area contributed by atoms with Crippen molar-refractivity contribution in [1.29, 1.82) is 0 Å². The highest BCUT2D eigenvalue weighted by atomic mass is 16.2. The third-order valence-electron chi connectivity index (χ3n) is 6.96. The van der Waals surface area contributed by atoms with Crippen molar-refractivity contribution in [2.45, 2.75) is 103 Å². The van der Waals surface area contributed by atoms with E-state index in [-0.39, 0.29) is 5.41 Å². The van der Waals surface area contributed by atoms with E-state index in [9.17, 15) is 9.59 Å². The van der Waals surface area contributed by atoms with Gasteiger partial charge < -0.3 is 9.80 Å². The van der Waals surface area contributed by atoms with Gasteiger partial charge in [0.15, 0.2) is 0 Å². The molecule has 0 bridgehead atoms. The summed E-state index contributed by atoms with van der Waals surface area (Å²) in [6, 6.07) is 0.745. The van der Waals surface area contributed by atoms with E-state index < -0.39 is 0 Å². The first-order chi connectivity index (χ1) is 12.0. The third-order valence-corrected chi connectivity index (χ3v) is 6.96. The summed E-state index contributed by atoms with van der Waals surface area (Å²) in [6.07, 6.45) is 12.6. The fourth-order valence-corrected chi connectivity index (χ4v) is 5.32. The van der Waals surface area contributed by atoms with Gasteiger partial charge in [-0.05, 0) is 70.6 Å². The van der Waals surface area contributed by atoms with Crippen LogP contribution in [0.3, 0.4) is 0 Å². The molecular weight excluding hydrogens is 312 g/mol. The number of carbonyl (C=O) groups is 2. The van der Waals surface area contributed by atoms with Crippen LogP contribution < -0.4 is 0 Å². The highest BCUT2D eigenvalue weighted by Gasteiger charge is 2.41. The van der Waals surface area contributed by atoms with Crippen LogP contribution in [0.1, 0.15) is 90.9 Å². The summed E-state index contributed by atoms with van der Waals surface area (Å²) in [4.78, 5) is 30.2. The number of piperidine rings is 2. The minimum atomic E-state index is -0.0670. The first-order valence-corrected chi connectivity index (χ1v) is 10.6. The van der Waals surface area contributed by atoms with Crippen LogP contribution in [0.15, 0.2) is 0 Å². The highest BCUT2D eigenvalue weighted by molar-refractivity contribution is 5.81. The van der Waals surface area contributed by atoms with Gasteiger partial charge in [0.25, 0.3) is 0 Å². The highest BCUT2D eigenvalue weighted by Crippen LogP contribution is 2.45.